The number of aliphatic hydroxyl groups is 1. The first-order valence-electron chi connectivity index (χ1n) is 6.48. The van der Waals surface area contributed by atoms with Crippen molar-refractivity contribution in [3.8, 4) is 0 Å². The van der Waals surface area contributed by atoms with Crippen molar-refractivity contribution in [1.29, 1.82) is 0 Å². The van der Waals surface area contributed by atoms with Gasteiger partial charge in [-0.1, -0.05) is 0 Å². The van der Waals surface area contributed by atoms with Gasteiger partial charge in [-0.05, 0) is 40.0 Å². The van der Waals surface area contributed by atoms with Gasteiger partial charge in [0.1, 0.15) is 5.60 Å². The first-order chi connectivity index (χ1) is 8.91. The number of ether oxygens (including phenoxy) is 1. The molecule has 0 aromatic heterocycles. The van der Waals surface area contributed by atoms with Crippen LogP contribution < -0.4 is 5.32 Å². The molecule has 1 atom stereocenters. The van der Waals surface area contributed by atoms with E-state index < -0.39 is 33.5 Å². The molecule has 2 N–H and O–H groups in total. The third-order valence-electron chi connectivity index (χ3n) is 2.81. The number of carbonyl (C=O) groups excluding carboxylic acids is 1. The van der Waals surface area contributed by atoms with Crippen LogP contribution in [-0.2, 0) is 19.0 Å². The number of amides is 1. The first-order valence-corrected chi connectivity index (χ1v) is 8.29. The molecule has 0 radical (unpaired) electrons. The molecule has 1 aliphatic rings. The van der Waals surface area contributed by atoms with Crippen LogP contribution in [0.2, 0.25) is 0 Å². The van der Waals surface area contributed by atoms with E-state index in [4.69, 9.17) is 4.74 Å². The summed E-state index contributed by atoms with van der Waals surface area (Å²) >= 11 is 0. The van der Waals surface area contributed by atoms with Gasteiger partial charge >= 0.3 is 6.09 Å². The van der Waals surface area contributed by atoms with Gasteiger partial charge in [0.15, 0.2) is 0 Å². The predicted octanol–water partition coefficient (Wildman–Crippen LogP) is 0.771. The highest BCUT2D eigenvalue weighted by Crippen LogP contribution is 2.39. The van der Waals surface area contributed by atoms with E-state index >= 15 is 0 Å². The first kappa shape index (κ1) is 17.2. The van der Waals surface area contributed by atoms with Crippen molar-refractivity contribution >= 4 is 16.2 Å². The van der Waals surface area contributed by atoms with E-state index in [2.05, 4.69) is 9.50 Å². The number of carbonyl (C=O) groups is 1. The van der Waals surface area contributed by atoms with Crippen molar-refractivity contribution in [2.75, 3.05) is 12.9 Å². The zero-order valence-electron chi connectivity index (χ0n) is 12.3. The Morgan fingerprint density at radius 1 is 1.40 bits per heavy atom. The summed E-state index contributed by atoms with van der Waals surface area (Å²) in [4.78, 5) is 11.7. The lowest BCUT2D eigenvalue weighted by molar-refractivity contribution is 0.0359. The Hall–Kier alpha value is -0.860. The second-order valence-corrected chi connectivity index (χ2v) is 7.76. The maximum Gasteiger partial charge on any atom is 0.407 e. The Labute approximate surface area is 119 Å². The molecule has 1 fully saturated rings. The van der Waals surface area contributed by atoms with Crippen LogP contribution >= 0.6 is 0 Å². The highest BCUT2D eigenvalue weighted by Gasteiger charge is 2.48. The van der Waals surface area contributed by atoms with Crippen molar-refractivity contribution < 1.29 is 27.2 Å². The van der Waals surface area contributed by atoms with Gasteiger partial charge in [0.05, 0.1) is 24.5 Å². The predicted molar refractivity (Wildman–Crippen MR) is 72.8 cm³/mol. The molecule has 0 spiro atoms. The zero-order valence-corrected chi connectivity index (χ0v) is 13.1. The van der Waals surface area contributed by atoms with Gasteiger partial charge in [0.25, 0.3) is 10.1 Å². The molecule has 0 aromatic rings. The Morgan fingerprint density at radius 2 is 1.95 bits per heavy atom. The zero-order chi connectivity index (χ0) is 15.6. The minimum absolute atomic E-state index is 0.0956. The SMILES string of the molecule is CC(C)(C)OC(=O)N[C@H](CCOS(C)(=O)=O)C1(O)CC1. The van der Waals surface area contributed by atoms with Gasteiger partial charge in [0, 0.05) is 0 Å². The fraction of sp³-hybridized carbons (Fsp3) is 0.917. The molecular weight excluding hydrogens is 286 g/mol. The molecule has 1 aliphatic carbocycles. The molecule has 1 amide bonds. The third-order valence-corrected chi connectivity index (χ3v) is 3.40. The Morgan fingerprint density at radius 3 is 2.35 bits per heavy atom. The molecule has 20 heavy (non-hydrogen) atoms. The Balaban J connectivity index is 2.52. The maximum atomic E-state index is 11.7. The van der Waals surface area contributed by atoms with Crippen molar-refractivity contribution in [2.24, 2.45) is 0 Å². The lowest BCUT2D eigenvalue weighted by atomic mass is 10.1. The van der Waals surface area contributed by atoms with E-state index in [1.165, 1.54) is 0 Å². The normalized spacial score (nSPS) is 19.2. The van der Waals surface area contributed by atoms with E-state index in [-0.39, 0.29) is 13.0 Å². The van der Waals surface area contributed by atoms with Crippen LogP contribution in [0.4, 0.5) is 4.79 Å². The fourth-order valence-electron chi connectivity index (χ4n) is 1.72. The van der Waals surface area contributed by atoms with Crippen LogP contribution in [0.15, 0.2) is 0 Å². The van der Waals surface area contributed by atoms with Crippen LogP contribution in [0.25, 0.3) is 0 Å². The largest absolute Gasteiger partial charge is 0.444 e. The minimum atomic E-state index is -3.53. The average molecular weight is 309 g/mol. The monoisotopic (exact) mass is 309 g/mol. The van der Waals surface area contributed by atoms with Crippen LogP contribution in [0.3, 0.4) is 0 Å². The van der Waals surface area contributed by atoms with Crippen LogP contribution in [0.1, 0.15) is 40.0 Å². The standard InChI is InChI=1S/C12H23NO6S/c1-11(2,3)19-10(14)13-9(12(15)6-7-12)5-8-18-20(4,16)17/h9,15H,5-8H2,1-4H3,(H,13,14)/t9-/m1/s1. The summed E-state index contributed by atoms with van der Waals surface area (Å²) in [7, 11) is -3.53. The molecule has 7 nitrogen and oxygen atoms in total. The lowest BCUT2D eigenvalue weighted by Gasteiger charge is -2.26. The second kappa shape index (κ2) is 5.87. The second-order valence-electron chi connectivity index (χ2n) is 6.12. The molecular formula is C12H23NO6S. The summed E-state index contributed by atoms with van der Waals surface area (Å²) in [6.45, 7) is 5.11. The number of rotatable bonds is 6. The van der Waals surface area contributed by atoms with Gasteiger partial charge < -0.3 is 15.2 Å². The van der Waals surface area contributed by atoms with Crippen LogP contribution in [-0.4, -0.2) is 49.7 Å². The molecule has 0 heterocycles. The minimum Gasteiger partial charge on any atom is -0.444 e. The molecule has 0 bridgehead atoms. The van der Waals surface area contributed by atoms with E-state index in [0.717, 1.165) is 6.26 Å². The molecule has 0 saturated heterocycles. The maximum absolute atomic E-state index is 11.7. The highest BCUT2D eigenvalue weighted by atomic mass is 32.2. The highest BCUT2D eigenvalue weighted by molar-refractivity contribution is 7.85. The Bertz CT molecular complexity index is 449. The van der Waals surface area contributed by atoms with Crippen molar-refractivity contribution in [2.45, 2.75) is 57.3 Å². The summed E-state index contributed by atoms with van der Waals surface area (Å²) in [5, 5.41) is 12.7. The molecule has 1 rings (SSSR count). The van der Waals surface area contributed by atoms with Crippen molar-refractivity contribution in [3.05, 3.63) is 0 Å². The summed E-state index contributed by atoms with van der Waals surface area (Å²) < 4.78 is 31.5. The number of hydrogen-bond acceptors (Lipinski definition) is 6. The molecule has 0 aliphatic heterocycles. The number of hydrogen-bond donors (Lipinski definition) is 2. The summed E-state index contributed by atoms with van der Waals surface area (Å²) in [6, 6.07) is -0.584. The number of nitrogens with one attached hydrogen (secondary N) is 1. The Kier molecular flexibility index (Phi) is 5.04. The molecule has 1 saturated carbocycles. The topological polar surface area (TPSA) is 102 Å². The van der Waals surface area contributed by atoms with E-state index in [1.807, 2.05) is 0 Å². The van der Waals surface area contributed by atoms with Gasteiger partial charge in [-0.3, -0.25) is 4.18 Å². The molecule has 118 valence electrons. The molecule has 0 aromatic carbocycles. The van der Waals surface area contributed by atoms with Crippen LogP contribution in [0.5, 0.6) is 0 Å². The van der Waals surface area contributed by atoms with Crippen molar-refractivity contribution in [3.63, 3.8) is 0 Å². The quantitative estimate of drug-likeness (QED) is 0.703. The van der Waals surface area contributed by atoms with Crippen molar-refractivity contribution in [1.82, 2.24) is 5.32 Å². The summed E-state index contributed by atoms with van der Waals surface area (Å²) in [5.74, 6) is 0. The van der Waals surface area contributed by atoms with Gasteiger partial charge in [-0.2, -0.15) is 8.42 Å². The smallest absolute Gasteiger partial charge is 0.407 e. The average Bonchev–Trinajstić information content (AvgIpc) is 2.91. The van der Waals surface area contributed by atoms with E-state index in [1.54, 1.807) is 20.8 Å². The lowest BCUT2D eigenvalue weighted by Crippen LogP contribution is -2.47. The van der Waals surface area contributed by atoms with Gasteiger partial charge in [-0.15, -0.1) is 0 Å². The van der Waals surface area contributed by atoms with E-state index in [0.29, 0.717) is 12.8 Å². The number of alkyl carbamates (subject to hydrolysis) is 1. The van der Waals surface area contributed by atoms with E-state index in [9.17, 15) is 18.3 Å². The van der Waals surface area contributed by atoms with Gasteiger partial charge in [0.2, 0.25) is 0 Å². The fourth-order valence-corrected chi connectivity index (χ4v) is 2.12. The van der Waals surface area contributed by atoms with Gasteiger partial charge in [-0.25, -0.2) is 4.79 Å². The summed E-state index contributed by atoms with van der Waals surface area (Å²) in [5.41, 5.74) is -1.62. The third kappa shape index (κ3) is 6.53. The molecule has 8 heteroatoms. The molecule has 0 unspecified atom stereocenters. The van der Waals surface area contributed by atoms with Crippen LogP contribution in [0, 0.1) is 0 Å². The summed E-state index contributed by atoms with van der Waals surface area (Å²) in [6.07, 6.45) is 1.64.